The van der Waals surface area contributed by atoms with Crippen LogP contribution >= 0.6 is 31.9 Å². The van der Waals surface area contributed by atoms with E-state index < -0.39 is 0 Å². The van der Waals surface area contributed by atoms with Crippen LogP contribution in [0, 0.1) is 0 Å². The van der Waals surface area contributed by atoms with E-state index >= 15 is 0 Å². The van der Waals surface area contributed by atoms with Crippen molar-refractivity contribution >= 4 is 43.8 Å². The Kier molecular flexibility index (Phi) is 3.23. The van der Waals surface area contributed by atoms with Crippen LogP contribution in [0.4, 0.5) is 5.69 Å². The van der Waals surface area contributed by atoms with E-state index in [1.165, 1.54) is 5.56 Å². The summed E-state index contributed by atoms with van der Waals surface area (Å²) in [6.45, 7) is 0.991. The minimum Gasteiger partial charge on any atom is -0.266 e. The van der Waals surface area contributed by atoms with Crippen molar-refractivity contribution in [1.29, 1.82) is 0 Å². The largest absolute Gasteiger partial charge is 0.266 e. The molecule has 2 rings (SSSR count). The topological polar surface area (TPSA) is 15.6 Å². The first-order chi connectivity index (χ1) is 6.77. The highest BCUT2D eigenvalue weighted by Gasteiger charge is 2.09. The first kappa shape index (κ1) is 10.2. The molecule has 1 aromatic rings. The molecule has 0 spiro atoms. The summed E-state index contributed by atoms with van der Waals surface area (Å²) < 4.78 is 0.228. The molecular weight excluding hydrogens is 308 g/mol. The number of halogens is 2. The molecule has 0 unspecified atom stereocenters. The summed E-state index contributed by atoms with van der Waals surface area (Å²) in [7, 11) is 0. The maximum absolute atomic E-state index is 4.27. The van der Waals surface area contributed by atoms with Gasteiger partial charge < -0.3 is 0 Å². The Bertz CT molecular complexity index is 332. The normalized spacial score (nSPS) is 15.5. The Balaban J connectivity index is 2.17. The second-order valence-corrected chi connectivity index (χ2v) is 6.16. The molecule has 0 atom stereocenters. The molecule has 74 valence electrons. The van der Waals surface area contributed by atoms with Gasteiger partial charge in [0.2, 0.25) is 0 Å². The molecule has 4 heteroatoms. The van der Waals surface area contributed by atoms with Crippen LogP contribution in [0.3, 0.4) is 0 Å². The molecule has 0 aliphatic carbocycles. The molecule has 0 fully saturated rings. The van der Waals surface area contributed by atoms with Crippen molar-refractivity contribution < 1.29 is 0 Å². The van der Waals surface area contributed by atoms with Gasteiger partial charge >= 0.3 is 0 Å². The van der Waals surface area contributed by atoms with Crippen LogP contribution in [0.15, 0.2) is 29.4 Å². The summed E-state index contributed by atoms with van der Waals surface area (Å²) in [5.74, 6) is 0. The van der Waals surface area contributed by atoms with E-state index in [9.17, 15) is 0 Å². The van der Waals surface area contributed by atoms with Crippen molar-refractivity contribution in [2.24, 2.45) is 5.10 Å². The van der Waals surface area contributed by atoms with Gasteiger partial charge in [-0.3, -0.25) is 5.01 Å². The monoisotopic (exact) mass is 316 g/mol. The number of nitrogens with zero attached hydrogens (tertiary/aromatic N) is 2. The summed E-state index contributed by atoms with van der Waals surface area (Å²) >= 11 is 6.93. The Hall–Kier alpha value is -0.350. The maximum Gasteiger partial charge on any atom is 0.0946 e. The molecule has 0 saturated heterocycles. The van der Waals surface area contributed by atoms with Crippen molar-refractivity contribution in [2.45, 2.75) is 10.2 Å². The second-order valence-electron chi connectivity index (χ2n) is 3.10. The van der Waals surface area contributed by atoms with Crippen molar-refractivity contribution in [1.82, 2.24) is 0 Å². The first-order valence-corrected chi connectivity index (χ1v) is 6.28. The summed E-state index contributed by atoms with van der Waals surface area (Å²) in [5.41, 5.74) is 2.38. The number of benzene rings is 1. The van der Waals surface area contributed by atoms with Crippen LogP contribution in [-0.4, -0.2) is 12.8 Å². The average molecular weight is 318 g/mol. The smallest absolute Gasteiger partial charge is 0.0946 e. The van der Waals surface area contributed by atoms with Crippen LogP contribution < -0.4 is 5.01 Å². The number of hydrogen-bond donors (Lipinski definition) is 0. The fourth-order valence-electron chi connectivity index (χ4n) is 1.38. The third-order valence-electron chi connectivity index (χ3n) is 2.13. The molecule has 0 radical (unpaired) electrons. The molecule has 1 aliphatic rings. The SMILES string of the molecule is BrC(Br)c1ccc(N2CCC=N2)cc1. The van der Waals surface area contributed by atoms with Gasteiger partial charge in [0, 0.05) is 19.2 Å². The van der Waals surface area contributed by atoms with Gasteiger partial charge in [0.15, 0.2) is 0 Å². The molecule has 14 heavy (non-hydrogen) atoms. The zero-order valence-corrected chi connectivity index (χ0v) is 10.7. The lowest BCUT2D eigenvalue weighted by Crippen LogP contribution is -2.11. The molecule has 1 aromatic carbocycles. The van der Waals surface area contributed by atoms with Gasteiger partial charge in [-0.05, 0) is 17.7 Å². The van der Waals surface area contributed by atoms with Gasteiger partial charge in [-0.2, -0.15) is 5.10 Å². The van der Waals surface area contributed by atoms with Crippen LogP contribution in [0.2, 0.25) is 0 Å². The molecule has 0 bridgehead atoms. The number of hydrogen-bond acceptors (Lipinski definition) is 2. The maximum atomic E-state index is 4.27. The highest BCUT2D eigenvalue weighted by atomic mass is 79.9. The summed E-state index contributed by atoms with van der Waals surface area (Å²) in [5, 5.41) is 6.28. The molecule has 2 nitrogen and oxygen atoms in total. The summed E-state index contributed by atoms with van der Waals surface area (Å²) in [6.07, 6.45) is 2.99. The molecule has 1 heterocycles. The zero-order valence-electron chi connectivity index (χ0n) is 7.53. The standard InChI is InChI=1S/C10H10Br2N2/c11-10(12)8-2-4-9(5-3-8)14-7-1-6-13-14/h2-6,10H,1,7H2. The minimum absolute atomic E-state index is 0.228. The van der Waals surface area contributed by atoms with E-state index in [4.69, 9.17) is 0 Å². The second kappa shape index (κ2) is 4.45. The molecule has 0 amide bonds. The number of alkyl halides is 2. The molecule has 0 saturated carbocycles. The van der Waals surface area contributed by atoms with Gasteiger partial charge in [0.25, 0.3) is 0 Å². The van der Waals surface area contributed by atoms with E-state index in [2.05, 4.69) is 61.2 Å². The summed E-state index contributed by atoms with van der Waals surface area (Å²) in [6, 6.07) is 8.37. The van der Waals surface area contributed by atoms with Crippen molar-refractivity contribution in [3.05, 3.63) is 29.8 Å². The van der Waals surface area contributed by atoms with E-state index in [0.29, 0.717) is 0 Å². The third-order valence-corrected chi connectivity index (χ3v) is 3.19. The lowest BCUT2D eigenvalue weighted by molar-refractivity contribution is 0.921. The Morgan fingerprint density at radius 2 is 1.93 bits per heavy atom. The number of anilines is 1. The van der Waals surface area contributed by atoms with Gasteiger partial charge in [0.1, 0.15) is 0 Å². The average Bonchev–Trinajstić information content (AvgIpc) is 2.71. The van der Waals surface area contributed by atoms with Crippen molar-refractivity contribution in [2.75, 3.05) is 11.6 Å². The Morgan fingerprint density at radius 3 is 2.43 bits per heavy atom. The Morgan fingerprint density at radius 1 is 1.21 bits per heavy atom. The predicted octanol–water partition coefficient (Wildman–Crippen LogP) is 3.67. The highest BCUT2D eigenvalue weighted by molar-refractivity contribution is 9.24. The fraction of sp³-hybridized carbons (Fsp3) is 0.300. The van der Waals surface area contributed by atoms with Gasteiger partial charge in [-0.15, -0.1) is 0 Å². The predicted molar refractivity (Wildman–Crippen MR) is 67.5 cm³/mol. The van der Waals surface area contributed by atoms with Crippen LogP contribution in [0.5, 0.6) is 0 Å². The van der Waals surface area contributed by atoms with Crippen LogP contribution in [0.1, 0.15) is 15.7 Å². The Labute approximate surface area is 100 Å². The van der Waals surface area contributed by atoms with Gasteiger partial charge in [-0.25, -0.2) is 0 Å². The van der Waals surface area contributed by atoms with Crippen molar-refractivity contribution in [3.63, 3.8) is 0 Å². The van der Waals surface area contributed by atoms with Crippen LogP contribution in [0.25, 0.3) is 0 Å². The first-order valence-electron chi connectivity index (χ1n) is 4.45. The highest BCUT2D eigenvalue weighted by Crippen LogP contribution is 2.30. The number of hydrazone groups is 1. The molecule has 0 N–H and O–H groups in total. The van der Waals surface area contributed by atoms with E-state index in [-0.39, 0.29) is 3.74 Å². The zero-order chi connectivity index (χ0) is 9.97. The lowest BCUT2D eigenvalue weighted by Gasteiger charge is -2.14. The van der Waals surface area contributed by atoms with Gasteiger partial charge in [0.05, 0.1) is 9.42 Å². The molecular formula is C10H10Br2N2. The fourth-order valence-corrected chi connectivity index (χ4v) is 1.99. The van der Waals surface area contributed by atoms with Crippen LogP contribution in [-0.2, 0) is 0 Å². The van der Waals surface area contributed by atoms with E-state index in [1.54, 1.807) is 0 Å². The quantitative estimate of drug-likeness (QED) is 0.760. The minimum atomic E-state index is 0.228. The molecule has 1 aliphatic heterocycles. The molecule has 0 aromatic heterocycles. The van der Waals surface area contributed by atoms with E-state index in [0.717, 1.165) is 18.7 Å². The summed E-state index contributed by atoms with van der Waals surface area (Å²) in [4.78, 5) is 0. The number of rotatable bonds is 2. The third kappa shape index (κ3) is 2.17. The van der Waals surface area contributed by atoms with Gasteiger partial charge in [-0.1, -0.05) is 44.0 Å². The lowest BCUT2D eigenvalue weighted by atomic mass is 10.2. The van der Waals surface area contributed by atoms with E-state index in [1.807, 2.05) is 11.2 Å². The van der Waals surface area contributed by atoms with Crippen molar-refractivity contribution in [3.8, 4) is 0 Å².